The van der Waals surface area contributed by atoms with E-state index in [1.807, 2.05) is 13.0 Å². The average Bonchev–Trinajstić information content (AvgIpc) is 2.68. The Labute approximate surface area is 89.6 Å². The van der Waals surface area contributed by atoms with Crippen molar-refractivity contribution in [3.8, 4) is 0 Å². The highest BCUT2D eigenvalue weighted by atomic mass is 32.2. The molecule has 0 amide bonds. The largest absolute Gasteiger partial charge is 0.468 e. The molecule has 0 bridgehead atoms. The van der Waals surface area contributed by atoms with Gasteiger partial charge >= 0.3 is 0 Å². The average molecular weight is 229 g/mol. The molecule has 2 unspecified atom stereocenters. The summed E-state index contributed by atoms with van der Waals surface area (Å²) in [5.41, 5.74) is 0. The van der Waals surface area contributed by atoms with Gasteiger partial charge in [-0.2, -0.15) is 0 Å². The molecule has 1 aliphatic rings. The molecule has 0 aromatic carbocycles. The summed E-state index contributed by atoms with van der Waals surface area (Å²) in [6.45, 7) is 1.98. The standard InChI is InChI=1S/C10H15NO3S/c1-2-8-6-15(12,13)7-9(11-8)10-4-3-5-14-10/h3-5,8-9,11H,2,6-7H2,1H3. The molecule has 0 radical (unpaired) electrons. The third-order valence-electron chi connectivity index (χ3n) is 2.69. The van der Waals surface area contributed by atoms with Crippen LogP contribution in [0.2, 0.25) is 0 Å². The molecule has 1 aromatic heterocycles. The van der Waals surface area contributed by atoms with Crippen molar-refractivity contribution in [2.45, 2.75) is 25.4 Å². The van der Waals surface area contributed by atoms with Crippen molar-refractivity contribution in [1.29, 1.82) is 0 Å². The van der Waals surface area contributed by atoms with Gasteiger partial charge < -0.3 is 9.73 Å². The molecule has 0 saturated carbocycles. The summed E-state index contributed by atoms with van der Waals surface area (Å²) in [6, 6.07) is 3.44. The summed E-state index contributed by atoms with van der Waals surface area (Å²) in [6.07, 6.45) is 2.38. The van der Waals surface area contributed by atoms with E-state index in [1.165, 1.54) is 0 Å². The highest BCUT2D eigenvalue weighted by molar-refractivity contribution is 7.91. The second kappa shape index (κ2) is 3.98. The lowest BCUT2D eigenvalue weighted by atomic mass is 10.2. The van der Waals surface area contributed by atoms with Crippen LogP contribution in [-0.4, -0.2) is 26.0 Å². The van der Waals surface area contributed by atoms with E-state index >= 15 is 0 Å². The minimum absolute atomic E-state index is 0.0406. The number of hydrogen-bond acceptors (Lipinski definition) is 4. The van der Waals surface area contributed by atoms with Crippen molar-refractivity contribution < 1.29 is 12.8 Å². The molecule has 2 atom stereocenters. The van der Waals surface area contributed by atoms with Crippen LogP contribution in [0.5, 0.6) is 0 Å². The third kappa shape index (κ3) is 2.41. The van der Waals surface area contributed by atoms with Gasteiger partial charge in [0.25, 0.3) is 0 Å². The van der Waals surface area contributed by atoms with E-state index in [9.17, 15) is 8.42 Å². The predicted octanol–water partition coefficient (Wildman–Crippen LogP) is 1.12. The second-order valence-corrected chi connectivity index (χ2v) is 6.07. The van der Waals surface area contributed by atoms with Crippen molar-refractivity contribution in [3.05, 3.63) is 24.2 Å². The van der Waals surface area contributed by atoms with Gasteiger partial charge in [0.15, 0.2) is 9.84 Å². The fourth-order valence-electron chi connectivity index (χ4n) is 1.90. The van der Waals surface area contributed by atoms with Crippen molar-refractivity contribution in [2.75, 3.05) is 11.5 Å². The summed E-state index contributed by atoms with van der Waals surface area (Å²) < 4.78 is 28.5. The van der Waals surface area contributed by atoms with Gasteiger partial charge in [0.2, 0.25) is 0 Å². The summed E-state index contributed by atoms with van der Waals surface area (Å²) in [5.74, 6) is 1.08. The van der Waals surface area contributed by atoms with Crippen LogP contribution in [0.15, 0.2) is 22.8 Å². The van der Waals surface area contributed by atoms with Gasteiger partial charge in [-0.3, -0.25) is 0 Å². The molecule has 1 fully saturated rings. The zero-order valence-electron chi connectivity index (χ0n) is 8.64. The summed E-state index contributed by atoms with van der Waals surface area (Å²) in [5, 5.41) is 3.29. The van der Waals surface area contributed by atoms with Crippen LogP contribution in [0.4, 0.5) is 0 Å². The number of sulfone groups is 1. The Morgan fingerprint density at radius 3 is 2.93 bits per heavy atom. The molecule has 1 N–H and O–H groups in total. The van der Waals surface area contributed by atoms with Crippen LogP contribution in [0, 0.1) is 0 Å². The molecule has 4 nitrogen and oxygen atoms in total. The lowest BCUT2D eigenvalue weighted by Crippen LogP contribution is -2.46. The van der Waals surface area contributed by atoms with E-state index in [0.29, 0.717) is 5.76 Å². The Morgan fingerprint density at radius 2 is 2.33 bits per heavy atom. The van der Waals surface area contributed by atoms with Gasteiger partial charge in [0.1, 0.15) is 5.76 Å². The zero-order chi connectivity index (χ0) is 10.9. The minimum atomic E-state index is -2.94. The lowest BCUT2D eigenvalue weighted by molar-refractivity contribution is 0.379. The van der Waals surface area contributed by atoms with Crippen molar-refractivity contribution in [3.63, 3.8) is 0 Å². The van der Waals surface area contributed by atoms with E-state index in [1.54, 1.807) is 12.3 Å². The summed E-state index contributed by atoms with van der Waals surface area (Å²) in [7, 11) is -2.94. The predicted molar refractivity (Wildman–Crippen MR) is 57.3 cm³/mol. The first-order valence-corrected chi connectivity index (χ1v) is 6.93. The number of furan rings is 1. The molecule has 1 saturated heterocycles. The van der Waals surface area contributed by atoms with Crippen LogP contribution in [0.25, 0.3) is 0 Å². The highest BCUT2D eigenvalue weighted by Gasteiger charge is 2.32. The van der Waals surface area contributed by atoms with Gasteiger partial charge in [-0.05, 0) is 18.6 Å². The van der Waals surface area contributed by atoms with Crippen LogP contribution in [0.1, 0.15) is 25.1 Å². The number of rotatable bonds is 2. The first-order valence-electron chi connectivity index (χ1n) is 5.10. The van der Waals surface area contributed by atoms with E-state index in [0.717, 1.165) is 6.42 Å². The number of nitrogens with one attached hydrogen (secondary N) is 1. The Hall–Kier alpha value is -0.810. The second-order valence-electron chi connectivity index (χ2n) is 3.92. The van der Waals surface area contributed by atoms with E-state index in [2.05, 4.69) is 5.32 Å². The third-order valence-corrected chi connectivity index (χ3v) is 4.44. The molecule has 1 aliphatic heterocycles. The lowest BCUT2D eigenvalue weighted by Gasteiger charge is -2.29. The van der Waals surface area contributed by atoms with Gasteiger partial charge in [-0.1, -0.05) is 6.92 Å². The van der Waals surface area contributed by atoms with Gasteiger partial charge in [-0.15, -0.1) is 0 Å². The maximum Gasteiger partial charge on any atom is 0.153 e. The van der Waals surface area contributed by atoms with Crippen LogP contribution < -0.4 is 5.32 Å². The topological polar surface area (TPSA) is 59.3 Å². The maximum absolute atomic E-state index is 11.6. The molecule has 1 aromatic rings. The Kier molecular flexibility index (Phi) is 2.84. The molecular formula is C10H15NO3S. The first kappa shape index (κ1) is 10.7. The Balaban J connectivity index is 2.20. The van der Waals surface area contributed by atoms with Crippen molar-refractivity contribution in [2.24, 2.45) is 0 Å². The van der Waals surface area contributed by atoms with E-state index in [4.69, 9.17) is 4.42 Å². The fraction of sp³-hybridized carbons (Fsp3) is 0.600. The van der Waals surface area contributed by atoms with Crippen LogP contribution in [-0.2, 0) is 9.84 Å². The quantitative estimate of drug-likeness (QED) is 0.825. The Bertz CT molecular complexity index is 410. The van der Waals surface area contributed by atoms with Gasteiger partial charge in [0.05, 0.1) is 23.8 Å². The van der Waals surface area contributed by atoms with Gasteiger partial charge in [-0.25, -0.2) is 8.42 Å². The number of hydrogen-bond donors (Lipinski definition) is 1. The highest BCUT2D eigenvalue weighted by Crippen LogP contribution is 2.22. The monoisotopic (exact) mass is 229 g/mol. The van der Waals surface area contributed by atoms with Crippen molar-refractivity contribution in [1.82, 2.24) is 5.32 Å². The molecule has 0 spiro atoms. The molecule has 84 valence electrons. The minimum Gasteiger partial charge on any atom is -0.468 e. The van der Waals surface area contributed by atoms with Crippen LogP contribution >= 0.6 is 0 Å². The SMILES string of the molecule is CCC1CS(=O)(=O)CC(c2ccco2)N1. The summed E-state index contributed by atoms with van der Waals surface area (Å²) >= 11 is 0. The van der Waals surface area contributed by atoms with Crippen molar-refractivity contribution >= 4 is 9.84 Å². The molecule has 2 rings (SSSR count). The molecule has 0 aliphatic carbocycles. The Morgan fingerprint density at radius 1 is 1.53 bits per heavy atom. The zero-order valence-corrected chi connectivity index (χ0v) is 9.46. The molecule has 2 heterocycles. The molecule has 5 heteroatoms. The van der Waals surface area contributed by atoms with Gasteiger partial charge in [0, 0.05) is 6.04 Å². The van der Waals surface area contributed by atoms with E-state index in [-0.39, 0.29) is 23.6 Å². The maximum atomic E-state index is 11.6. The van der Waals surface area contributed by atoms with E-state index < -0.39 is 9.84 Å². The fourth-order valence-corrected chi connectivity index (χ4v) is 3.75. The van der Waals surface area contributed by atoms with Crippen LogP contribution in [0.3, 0.4) is 0 Å². The normalized spacial score (nSPS) is 30.2. The molecular weight excluding hydrogens is 214 g/mol. The molecule has 15 heavy (non-hydrogen) atoms. The summed E-state index contributed by atoms with van der Waals surface area (Å²) in [4.78, 5) is 0. The first-order chi connectivity index (χ1) is 7.11. The smallest absolute Gasteiger partial charge is 0.153 e.